The van der Waals surface area contributed by atoms with E-state index < -0.39 is 59.8 Å². The molecule has 3 aliphatic rings. The smallest absolute Gasteiger partial charge is 0.477 e. The van der Waals surface area contributed by atoms with Crippen molar-refractivity contribution in [1.82, 2.24) is 91.5 Å². The molecular weight excluding hydrogens is 1950 g/mol. The van der Waals surface area contributed by atoms with Gasteiger partial charge in [0.05, 0.1) is 35.5 Å². The molecule has 9 aromatic heterocycles. The zero-order chi connectivity index (χ0) is 110. The molecule has 818 valence electrons. The number of hydrogen-bond acceptors (Lipinski definition) is 24. The van der Waals surface area contributed by atoms with E-state index in [1.54, 1.807) is 57.8 Å². The lowest BCUT2D eigenvalue weighted by Gasteiger charge is -2.22. The fourth-order valence-electron chi connectivity index (χ4n) is 16.5. The number of fused-ring (bicyclic) bond motifs is 2. The number of unbranched alkanes of at least 4 members (excludes halogenated alkanes) is 8. The number of anilines is 1. The SMILES string of the molecule is CCCCC1=NC2(CCCC2)C(=O)N1C.CCCCN(C)c1ncncc1C(=O)O.CCCCc1cn(CCC)c(=O)n1C.CCCCc1nc(C(F)(F)C(F)(F)F)c(C(=O)O)n1C.CCCCc1nc(CCCC)n(C)n1.CCCCc1nc(Cl)c(C(=O)O)n1C.CCCCc1nc(Cl)c(CO)n1C.CCOc1nc2cccc(C(=O)OC(C)OC(=O)OC3CCCCC3)c2n1C.CCc1nc2c(C)cc(C)nc2n1C. The first-order valence-electron chi connectivity index (χ1n) is 51.5. The third kappa shape index (κ3) is 36.3. The van der Waals surface area contributed by atoms with E-state index >= 15 is 0 Å². The molecule has 10 heterocycles. The third-order valence-corrected chi connectivity index (χ3v) is 25.6. The van der Waals surface area contributed by atoms with E-state index in [2.05, 4.69) is 130 Å². The summed E-state index contributed by atoms with van der Waals surface area (Å²) in [5.74, 6) is -3.25. The molecule has 0 saturated heterocycles. The van der Waals surface area contributed by atoms with Crippen molar-refractivity contribution < 1.29 is 90.1 Å². The van der Waals surface area contributed by atoms with Crippen LogP contribution in [0.1, 0.15) is 361 Å². The molecule has 2 saturated carbocycles. The van der Waals surface area contributed by atoms with Crippen molar-refractivity contribution in [1.29, 1.82) is 0 Å². The van der Waals surface area contributed by atoms with Crippen molar-refractivity contribution in [3.8, 4) is 6.01 Å². The standard InChI is InChI=1S/C20H26N2O6.C12H20N2O.C11H13F5N2O2.C11H15N3.C11H21N3.C11H20N2O.C10H15N3O2.C9H13ClN2O2.C9H15ClN2O/c1-4-25-19-21-16-12-8-11-15(17(16)22(19)3)18(23)26-13(2)27-20(24)28-14-9-6-5-7-10-14;1-3-4-7-10-13-12(8-5-6-9-12)11(15)14(10)2;1-3-4-5-6-17-8(7(9(19)20)18(6)2)10(12,13)11(14,15)16;1-5-9-13-10-7(2)6-8(3)12-11(10)14(9)4;1-4-6-8-10-12-11(9-7-5-2)14(3)13-10;1-4-6-7-10-9-13(8-5-2)11(14)12(10)3;1-3-4-5-13(2)9-8(10(14)15)6-11-7-12-9;1-3-4-5-6-11-8(10)7(9(13)14)12(6)2;1-3-4-5-8-11-9(10)7(6-13)12(8)2/h8,11-14H,4-7,9-10H2,1-3H3;3-9H2,1-2H3;3-5H2,1-2H3,(H,19,20);6H,5H2,1-4H3;4-9H2,1-3H3;9H,4-8H2,1-3H3;6-7H,3-5H2,1-2H3,(H,14,15);3-5H2,1-2H3,(H,13,14);13H,3-6H2,1-2H3. The van der Waals surface area contributed by atoms with Crippen molar-refractivity contribution in [2.45, 2.75) is 358 Å². The van der Waals surface area contributed by atoms with E-state index in [0.29, 0.717) is 58.7 Å². The van der Waals surface area contributed by atoms with Gasteiger partial charge in [-0.1, -0.05) is 169 Å². The highest BCUT2D eigenvalue weighted by Gasteiger charge is 2.62. The van der Waals surface area contributed by atoms with Crippen LogP contribution in [0.4, 0.5) is 32.6 Å². The number of aryl methyl sites for hydroxylation is 13. The Bertz CT molecular complexity index is 5900. The van der Waals surface area contributed by atoms with Crippen LogP contribution in [-0.4, -0.2) is 205 Å². The van der Waals surface area contributed by atoms with E-state index in [4.69, 9.17) is 67.6 Å². The van der Waals surface area contributed by atoms with E-state index in [-0.39, 0.29) is 58.5 Å². The van der Waals surface area contributed by atoms with Crippen LogP contribution in [0.25, 0.3) is 22.2 Å². The maximum absolute atomic E-state index is 13.3. The average Bonchev–Trinajstić information content (AvgIpc) is 1.61. The molecule has 1 amide bonds. The zero-order valence-electron chi connectivity index (χ0n) is 90.4. The number of amidine groups is 1. The largest absolute Gasteiger partial charge is 0.511 e. The van der Waals surface area contributed by atoms with Gasteiger partial charge in [0.1, 0.15) is 69.8 Å². The topological polar surface area (TPSA) is 425 Å². The van der Waals surface area contributed by atoms with Crippen LogP contribution < -0.4 is 15.3 Å². The number of likely N-dealkylation sites (N-methyl/N-ethyl adjacent to an activating group) is 1. The number of para-hydroxylation sites is 1. The quantitative estimate of drug-likeness (QED) is 0.0158. The number of hydrogen-bond donors (Lipinski definition) is 4. The van der Waals surface area contributed by atoms with Crippen molar-refractivity contribution in [2.24, 2.45) is 54.3 Å². The number of esters is 1. The number of aromatic carboxylic acids is 3. The van der Waals surface area contributed by atoms with Gasteiger partial charge < -0.3 is 67.4 Å². The lowest BCUT2D eigenvalue weighted by atomic mass is 9.98. The minimum absolute atomic E-state index is 0.0472. The third-order valence-electron chi connectivity index (χ3n) is 25.0. The molecular formula is C104H158Cl2F5N21O15. The van der Waals surface area contributed by atoms with Gasteiger partial charge in [-0.25, -0.2) is 68.6 Å². The van der Waals surface area contributed by atoms with Crippen molar-refractivity contribution >= 4 is 93.0 Å². The van der Waals surface area contributed by atoms with Gasteiger partial charge >= 0.3 is 47.8 Å². The fraction of sp³-hybridized carbons (Fsp3) is 0.635. The number of benzene rings is 1. The number of rotatable bonds is 39. The second kappa shape index (κ2) is 62.5. The summed E-state index contributed by atoms with van der Waals surface area (Å²) in [7, 11) is 16.0. The number of imidazole rings is 6. The monoisotopic (exact) mass is 2110 g/mol. The first-order valence-corrected chi connectivity index (χ1v) is 52.2. The molecule has 1 spiro atoms. The van der Waals surface area contributed by atoms with Gasteiger partial charge in [0.25, 0.3) is 11.9 Å². The predicted octanol–water partition coefficient (Wildman–Crippen LogP) is 21.5. The van der Waals surface area contributed by atoms with E-state index in [9.17, 15) is 55.5 Å². The van der Waals surface area contributed by atoms with Gasteiger partial charge in [-0.2, -0.15) is 32.0 Å². The summed E-state index contributed by atoms with van der Waals surface area (Å²) in [4.78, 5) is 126. The Balaban J connectivity index is 0.000000294. The van der Waals surface area contributed by atoms with Gasteiger partial charge in [0.2, 0.25) is 6.29 Å². The summed E-state index contributed by atoms with van der Waals surface area (Å²) in [5, 5.41) is 40.5. The Kier molecular flexibility index (Phi) is 53.5. The van der Waals surface area contributed by atoms with Gasteiger partial charge in [0, 0.05) is 152 Å². The summed E-state index contributed by atoms with van der Waals surface area (Å²) < 4.78 is 98.4. The number of amides is 1. The molecule has 1 aliphatic heterocycles. The van der Waals surface area contributed by atoms with Crippen LogP contribution in [0.5, 0.6) is 6.01 Å². The summed E-state index contributed by atoms with van der Waals surface area (Å²) >= 11 is 11.5. The van der Waals surface area contributed by atoms with Gasteiger partial charge in [0.15, 0.2) is 38.9 Å². The Labute approximate surface area is 870 Å². The maximum Gasteiger partial charge on any atom is 0.511 e. The number of halogens is 7. The lowest BCUT2D eigenvalue weighted by Crippen LogP contribution is -2.38. The number of ether oxygens (including phenoxy) is 4. The summed E-state index contributed by atoms with van der Waals surface area (Å²) in [6.45, 7) is 30.5. The van der Waals surface area contributed by atoms with Crippen LogP contribution >= 0.6 is 23.2 Å². The molecule has 13 rings (SSSR count). The van der Waals surface area contributed by atoms with Crippen LogP contribution in [0.2, 0.25) is 10.3 Å². The Morgan fingerprint density at radius 2 is 1.14 bits per heavy atom. The Morgan fingerprint density at radius 3 is 1.67 bits per heavy atom. The second-order valence-corrected chi connectivity index (χ2v) is 37.3. The molecule has 147 heavy (non-hydrogen) atoms. The Morgan fingerprint density at radius 1 is 0.585 bits per heavy atom. The molecule has 1 unspecified atom stereocenters. The first-order chi connectivity index (χ1) is 69.8. The minimum atomic E-state index is -5.90. The molecule has 43 heteroatoms. The van der Waals surface area contributed by atoms with Crippen molar-refractivity contribution in [3.63, 3.8) is 0 Å². The first kappa shape index (κ1) is 126. The zero-order valence-corrected chi connectivity index (χ0v) is 91.9. The number of carboxylic acid groups (broad SMARTS) is 3. The van der Waals surface area contributed by atoms with Gasteiger partial charge in [-0.15, -0.1) is 0 Å². The predicted molar refractivity (Wildman–Crippen MR) is 559 cm³/mol. The number of alkyl halides is 5. The van der Waals surface area contributed by atoms with Crippen molar-refractivity contribution in [3.05, 3.63) is 150 Å². The number of carbonyl (C=O) groups is 6. The summed E-state index contributed by atoms with van der Waals surface area (Å²) in [5.41, 5.74) is 4.79. The Hall–Kier alpha value is -11.8. The highest BCUT2D eigenvalue weighted by Crippen LogP contribution is 2.45. The molecule has 2 aliphatic carbocycles. The molecule has 0 bridgehead atoms. The number of carboxylic acids is 3. The molecule has 2 fully saturated rings. The molecule has 1 aromatic carbocycles. The normalized spacial score (nSPS) is 13.3. The molecule has 10 aromatic rings. The van der Waals surface area contributed by atoms with Crippen LogP contribution in [0.15, 0.2) is 52.8 Å². The van der Waals surface area contributed by atoms with Crippen molar-refractivity contribution in [2.75, 3.05) is 32.1 Å². The van der Waals surface area contributed by atoms with Gasteiger partial charge in [-0.05, 0) is 147 Å². The number of aromatic nitrogens is 18. The van der Waals surface area contributed by atoms with Crippen LogP contribution in [-0.2, 0) is 132 Å². The van der Waals surface area contributed by atoms with Gasteiger partial charge in [-0.3, -0.25) is 28.2 Å². The number of nitrogens with zero attached hydrogens (tertiary/aromatic N) is 21. The number of aliphatic hydroxyl groups is 1. The highest BCUT2D eigenvalue weighted by atomic mass is 35.5. The number of aliphatic hydroxyl groups excluding tert-OH is 1. The number of aliphatic imine (C=N–C) groups is 1. The minimum Gasteiger partial charge on any atom is -0.477 e. The average molecular weight is 2110 g/mol. The van der Waals surface area contributed by atoms with Crippen LogP contribution in [0, 0.1) is 13.8 Å². The summed E-state index contributed by atoms with van der Waals surface area (Å²) in [6.07, 6.45) is 30.8. The van der Waals surface area contributed by atoms with E-state index in [1.807, 2.05) is 81.0 Å². The molecule has 36 nitrogen and oxygen atoms in total. The second-order valence-electron chi connectivity index (χ2n) is 36.6. The highest BCUT2D eigenvalue weighted by molar-refractivity contribution is 6.32. The lowest BCUT2D eigenvalue weighted by molar-refractivity contribution is -0.291. The number of carbonyl (C=O) groups excluding carboxylic acids is 3. The fourth-order valence-corrected chi connectivity index (χ4v) is 17.1. The molecule has 1 atom stereocenters. The summed E-state index contributed by atoms with van der Waals surface area (Å²) in [6, 6.07) is 7.63. The number of pyridine rings is 1. The van der Waals surface area contributed by atoms with E-state index in [0.717, 1.165) is 249 Å². The maximum atomic E-state index is 13.3. The molecule has 4 N–H and O–H groups in total. The van der Waals surface area contributed by atoms with E-state index in [1.165, 1.54) is 57.1 Å². The van der Waals surface area contributed by atoms with Crippen LogP contribution in [0.3, 0.4) is 0 Å². The molecule has 0 radical (unpaired) electrons.